The van der Waals surface area contributed by atoms with E-state index >= 15 is 0 Å². The summed E-state index contributed by atoms with van der Waals surface area (Å²) in [4.78, 5) is 3.78. The molecule has 1 heterocycles. The quantitative estimate of drug-likeness (QED) is 0.868. The largest absolute Gasteiger partial charge is 0.419 e. The molecule has 0 aliphatic carbocycles. The molecule has 0 aliphatic heterocycles. The van der Waals surface area contributed by atoms with Crippen LogP contribution in [0.4, 0.5) is 19.0 Å². The molecule has 1 atom stereocenters. The maximum atomic E-state index is 12.9. The van der Waals surface area contributed by atoms with Crippen LogP contribution in [0.5, 0.6) is 0 Å². The SMILES string of the molecule is NC(CNc1ncc(Br)cc1C(F)(F)F)c1ccccc1. The summed E-state index contributed by atoms with van der Waals surface area (Å²) in [5.74, 6) is -0.225. The summed E-state index contributed by atoms with van der Waals surface area (Å²) in [6.45, 7) is 0.154. The molecule has 0 bridgehead atoms. The molecule has 112 valence electrons. The van der Waals surface area contributed by atoms with Crippen LogP contribution < -0.4 is 11.1 Å². The molecule has 1 aromatic heterocycles. The minimum atomic E-state index is -4.48. The zero-order valence-electron chi connectivity index (χ0n) is 10.9. The number of alkyl halides is 3. The van der Waals surface area contributed by atoms with Crippen LogP contribution in [0.2, 0.25) is 0 Å². The van der Waals surface area contributed by atoms with Crippen LogP contribution in [-0.4, -0.2) is 11.5 Å². The third-order valence-corrected chi connectivity index (χ3v) is 3.31. The minimum Gasteiger partial charge on any atom is -0.368 e. The van der Waals surface area contributed by atoms with Crippen LogP contribution in [-0.2, 0) is 6.18 Å². The maximum absolute atomic E-state index is 12.9. The average molecular weight is 360 g/mol. The Hall–Kier alpha value is -1.60. The van der Waals surface area contributed by atoms with E-state index in [1.54, 1.807) is 0 Å². The van der Waals surface area contributed by atoms with E-state index in [0.717, 1.165) is 11.6 Å². The molecule has 0 amide bonds. The van der Waals surface area contributed by atoms with Crippen molar-refractivity contribution in [1.29, 1.82) is 0 Å². The van der Waals surface area contributed by atoms with Gasteiger partial charge in [-0.05, 0) is 27.6 Å². The van der Waals surface area contributed by atoms with Crippen LogP contribution in [0.15, 0.2) is 47.1 Å². The lowest BCUT2D eigenvalue weighted by Crippen LogP contribution is -2.22. The van der Waals surface area contributed by atoms with E-state index in [1.165, 1.54) is 6.20 Å². The zero-order chi connectivity index (χ0) is 15.5. The lowest BCUT2D eigenvalue weighted by molar-refractivity contribution is -0.137. The Morgan fingerprint density at radius 2 is 1.90 bits per heavy atom. The number of nitrogens with zero attached hydrogens (tertiary/aromatic N) is 1. The topological polar surface area (TPSA) is 50.9 Å². The molecule has 2 rings (SSSR count). The van der Waals surface area contributed by atoms with Crippen molar-refractivity contribution >= 4 is 21.7 Å². The minimum absolute atomic E-state index is 0.154. The van der Waals surface area contributed by atoms with E-state index in [2.05, 4.69) is 26.2 Å². The standard InChI is InChI=1S/C14H13BrF3N3/c15-10-6-11(14(16,17)18)13(20-7-10)21-8-12(19)9-4-2-1-3-5-9/h1-7,12H,8,19H2,(H,20,21). The van der Waals surface area contributed by atoms with Gasteiger partial charge < -0.3 is 11.1 Å². The highest BCUT2D eigenvalue weighted by Crippen LogP contribution is 2.35. The van der Waals surface area contributed by atoms with Crippen LogP contribution in [0.1, 0.15) is 17.2 Å². The van der Waals surface area contributed by atoms with Crippen LogP contribution in [0.25, 0.3) is 0 Å². The van der Waals surface area contributed by atoms with E-state index in [4.69, 9.17) is 5.73 Å². The molecule has 1 aromatic carbocycles. The van der Waals surface area contributed by atoms with Gasteiger partial charge in [-0.1, -0.05) is 30.3 Å². The van der Waals surface area contributed by atoms with Crippen molar-refractivity contribution in [2.24, 2.45) is 5.73 Å². The normalized spacial score (nSPS) is 13.0. The number of pyridine rings is 1. The lowest BCUT2D eigenvalue weighted by atomic mass is 10.1. The second kappa shape index (κ2) is 6.44. The maximum Gasteiger partial charge on any atom is 0.419 e. The summed E-state index contributed by atoms with van der Waals surface area (Å²) in [6, 6.07) is 9.73. The highest BCUT2D eigenvalue weighted by atomic mass is 79.9. The Bertz CT molecular complexity index is 602. The molecule has 7 heteroatoms. The van der Waals surface area contributed by atoms with Gasteiger partial charge in [-0.3, -0.25) is 0 Å². The molecule has 1 unspecified atom stereocenters. The number of hydrogen-bond acceptors (Lipinski definition) is 3. The highest BCUT2D eigenvalue weighted by Gasteiger charge is 2.34. The number of benzene rings is 1. The number of halogens is 4. The second-order valence-corrected chi connectivity index (χ2v) is 5.36. The fourth-order valence-electron chi connectivity index (χ4n) is 1.82. The summed E-state index contributed by atoms with van der Waals surface area (Å²) in [6.07, 6.45) is -3.17. The second-order valence-electron chi connectivity index (χ2n) is 4.45. The van der Waals surface area contributed by atoms with Crippen molar-refractivity contribution in [2.45, 2.75) is 12.2 Å². The molecule has 0 radical (unpaired) electrons. The summed E-state index contributed by atoms with van der Waals surface area (Å²) in [7, 11) is 0. The number of hydrogen-bond donors (Lipinski definition) is 2. The molecule has 2 aromatic rings. The van der Waals surface area contributed by atoms with Gasteiger partial charge >= 0.3 is 6.18 Å². The van der Waals surface area contributed by atoms with Gasteiger partial charge in [-0.25, -0.2) is 4.98 Å². The summed E-state index contributed by atoms with van der Waals surface area (Å²) >= 11 is 2.99. The van der Waals surface area contributed by atoms with Gasteiger partial charge in [0, 0.05) is 23.3 Å². The van der Waals surface area contributed by atoms with E-state index < -0.39 is 17.8 Å². The molecule has 3 nitrogen and oxygen atoms in total. The highest BCUT2D eigenvalue weighted by molar-refractivity contribution is 9.10. The van der Waals surface area contributed by atoms with E-state index in [9.17, 15) is 13.2 Å². The Balaban J connectivity index is 2.14. The molecular weight excluding hydrogens is 347 g/mol. The number of nitrogens with two attached hydrogens (primary N) is 1. The fourth-order valence-corrected chi connectivity index (χ4v) is 2.15. The fraction of sp³-hybridized carbons (Fsp3) is 0.214. The van der Waals surface area contributed by atoms with Gasteiger partial charge in [0.15, 0.2) is 0 Å². The van der Waals surface area contributed by atoms with Crippen molar-refractivity contribution in [2.75, 3.05) is 11.9 Å². The molecule has 0 saturated carbocycles. The summed E-state index contributed by atoms with van der Waals surface area (Å²) in [5, 5.41) is 2.67. The van der Waals surface area contributed by atoms with Crippen LogP contribution >= 0.6 is 15.9 Å². The number of rotatable bonds is 4. The monoisotopic (exact) mass is 359 g/mol. The Morgan fingerprint density at radius 3 is 2.52 bits per heavy atom. The number of aromatic nitrogens is 1. The van der Waals surface area contributed by atoms with Gasteiger partial charge in [0.25, 0.3) is 0 Å². The third kappa shape index (κ3) is 4.18. The Kier molecular flexibility index (Phi) is 4.84. The van der Waals surface area contributed by atoms with Crippen molar-refractivity contribution in [1.82, 2.24) is 4.98 Å². The van der Waals surface area contributed by atoms with Crippen molar-refractivity contribution in [3.05, 3.63) is 58.2 Å². The van der Waals surface area contributed by atoms with E-state index in [0.29, 0.717) is 0 Å². The first-order valence-corrected chi connectivity index (χ1v) is 6.94. The first-order valence-electron chi connectivity index (χ1n) is 6.15. The first kappa shape index (κ1) is 15.8. The van der Waals surface area contributed by atoms with Crippen LogP contribution in [0, 0.1) is 0 Å². The zero-order valence-corrected chi connectivity index (χ0v) is 12.4. The predicted molar refractivity (Wildman–Crippen MR) is 78.8 cm³/mol. The number of nitrogens with one attached hydrogen (secondary N) is 1. The Labute approximate surface area is 128 Å². The molecule has 0 spiro atoms. The molecule has 0 aliphatic rings. The smallest absolute Gasteiger partial charge is 0.368 e. The predicted octanol–water partition coefficient (Wildman–Crippen LogP) is 3.97. The number of anilines is 1. The van der Waals surface area contributed by atoms with Gasteiger partial charge in [0.05, 0.1) is 5.56 Å². The van der Waals surface area contributed by atoms with E-state index in [1.807, 2.05) is 30.3 Å². The van der Waals surface area contributed by atoms with Crippen molar-refractivity contribution in [3.8, 4) is 0 Å². The van der Waals surface area contributed by atoms with Gasteiger partial charge in [0.1, 0.15) is 5.82 Å². The van der Waals surface area contributed by atoms with Gasteiger partial charge in [-0.15, -0.1) is 0 Å². The first-order chi connectivity index (χ1) is 9.88. The molecule has 0 fully saturated rings. The lowest BCUT2D eigenvalue weighted by Gasteiger charge is -2.17. The molecule has 21 heavy (non-hydrogen) atoms. The van der Waals surface area contributed by atoms with Crippen molar-refractivity contribution < 1.29 is 13.2 Å². The van der Waals surface area contributed by atoms with Gasteiger partial charge in [-0.2, -0.15) is 13.2 Å². The summed E-state index contributed by atoms with van der Waals surface area (Å²) in [5.41, 5.74) is 5.97. The molecular formula is C14H13BrF3N3. The molecule has 0 saturated heterocycles. The van der Waals surface area contributed by atoms with Crippen molar-refractivity contribution in [3.63, 3.8) is 0 Å². The molecule has 3 N–H and O–H groups in total. The van der Waals surface area contributed by atoms with Gasteiger partial charge in [0.2, 0.25) is 0 Å². The third-order valence-electron chi connectivity index (χ3n) is 2.88. The summed E-state index contributed by atoms with van der Waals surface area (Å²) < 4.78 is 39.1. The Morgan fingerprint density at radius 1 is 1.24 bits per heavy atom. The average Bonchev–Trinajstić information content (AvgIpc) is 2.45. The van der Waals surface area contributed by atoms with E-state index in [-0.39, 0.29) is 16.8 Å². The van der Waals surface area contributed by atoms with Crippen LogP contribution in [0.3, 0.4) is 0 Å².